The zero-order valence-corrected chi connectivity index (χ0v) is 8.17. The molecule has 0 aromatic rings. The highest BCUT2D eigenvalue weighted by molar-refractivity contribution is 5.75. The number of allylic oxidation sites excluding steroid dienone is 1. The Morgan fingerprint density at radius 2 is 1.93 bits per heavy atom. The van der Waals surface area contributed by atoms with Gasteiger partial charge in [-0.15, -0.1) is 0 Å². The van der Waals surface area contributed by atoms with E-state index < -0.39 is 0 Å². The minimum Gasteiger partial charge on any atom is -0.381 e. The molecule has 0 fully saturated rings. The van der Waals surface area contributed by atoms with Gasteiger partial charge in [-0.1, -0.05) is 33.9 Å². The summed E-state index contributed by atoms with van der Waals surface area (Å²) in [6.07, 6.45) is 6.61. The fourth-order valence-corrected chi connectivity index (χ4v) is 0.998. The van der Waals surface area contributed by atoms with Gasteiger partial charge >= 0.3 is 0 Å². The predicted molar refractivity (Wildman–Crippen MR) is 63.6 cm³/mol. The van der Waals surface area contributed by atoms with Crippen LogP contribution >= 0.6 is 0 Å². The Balaban J connectivity index is -0.000000605. The molecule has 0 saturated carbocycles. The van der Waals surface area contributed by atoms with Gasteiger partial charge in [-0.3, -0.25) is 4.79 Å². The number of hydrogen-bond donors (Lipinski definition) is 0. The number of carbonyl (C=O) groups is 1. The monoisotopic (exact) mass is 202 g/mol. The lowest BCUT2D eigenvalue weighted by Gasteiger charge is -2.10. The van der Waals surface area contributed by atoms with Crippen LogP contribution in [0, 0.1) is 0 Å². The molecule has 0 heterocycles. The Labute approximate surface area is 89.4 Å². The number of hydrogen-bond acceptors (Lipinski definition) is 2. The van der Waals surface area contributed by atoms with Gasteiger partial charge in [-0.2, -0.15) is 0 Å². The average Bonchev–Trinajstić information content (AvgIpc) is 2.02. The summed E-state index contributed by atoms with van der Waals surface area (Å²) >= 11 is 0. The van der Waals surface area contributed by atoms with E-state index in [-0.39, 0.29) is 26.7 Å². The molecule has 2 nitrogen and oxygen atoms in total. The van der Waals surface area contributed by atoms with Crippen molar-refractivity contribution in [2.75, 3.05) is 7.11 Å². The lowest BCUT2D eigenvalue weighted by atomic mass is 10.1. The standard InChI is InChI=1S/C10H18O2.2CH4/c1-4-5-6-7-10(12-3)8-9(2)11;;/h5-6,10H,4,7-8H2,1-3H3;2*1H4. The van der Waals surface area contributed by atoms with Gasteiger partial charge in [0.05, 0.1) is 6.10 Å². The number of rotatable bonds is 6. The highest BCUT2D eigenvalue weighted by Gasteiger charge is 2.07. The molecule has 0 bridgehead atoms. The van der Waals surface area contributed by atoms with E-state index in [9.17, 15) is 4.79 Å². The van der Waals surface area contributed by atoms with E-state index >= 15 is 0 Å². The number of methoxy groups -OCH3 is 1. The summed E-state index contributed by atoms with van der Waals surface area (Å²) < 4.78 is 5.14. The molecule has 1 atom stereocenters. The summed E-state index contributed by atoms with van der Waals surface area (Å²) in [6, 6.07) is 0. The van der Waals surface area contributed by atoms with Crippen molar-refractivity contribution in [1.82, 2.24) is 0 Å². The molecule has 86 valence electrons. The topological polar surface area (TPSA) is 26.3 Å². The number of Topliss-reactive ketones (excluding diaryl/α,β-unsaturated/α-hetero) is 1. The van der Waals surface area contributed by atoms with Crippen LogP contribution in [0.2, 0.25) is 0 Å². The maximum absolute atomic E-state index is 10.7. The molecule has 0 radical (unpaired) electrons. The van der Waals surface area contributed by atoms with E-state index in [0.717, 1.165) is 12.8 Å². The summed E-state index contributed by atoms with van der Waals surface area (Å²) in [6.45, 7) is 3.68. The zero-order valence-electron chi connectivity index (χ0n) is 8.17. The van der Waals surface area contributed by atoms with E-state index in [4.69, 9.17) is 4.74 Å². The first-order valence-corrected chi connectivity index (χ1v) is 4.38. The van der Waals surface area contributed by atoms with Crippen LogP contribution in [0.5, 0.6) is 0 Å². The first-order valence-electron chi connectivity index (χ1n) is 4.38. The van der Waals surface area contributed by atoms with Gasteiger partial charge in [0, 0.05) is 13.5 Å². The second-order valence-corrected chi connectivity index (χ2v) is 2.88. The number of carbonyl (C=O) groups excluding carboxylic acids is 1. The summed E-state index contributed by atoms with van der Waals surface area (Å²) in [5, 5.41) is 0. The Bertz CT molecular complexity index is 150. The van der Waals surface area contributed by atoms with Crippen molar-refractivity contribution >= 4 is 5.78 Å². The molecule has 1 unspecified atom stereocenters. The molecule has 14 heavy (non-hydrogen) atoms. The molecule has 0 aromatic carbocycles. The van der Waals surface area contributed by atoms with Crippen molar-refractivity contribution in [3.05, 3.63) is 12.2 Å². The van der Waals surface area contributed by atoms with Crippen molar-refractivity contribution in [2.24, 2.45) is 0 Å². The van der Waals surface area contributed by atoms with Crippen molar-refractivity contribution in [3.8, 4) is 0 Å². The Hall–Kier alpha value is -0.630. The average molecular weight is 202 g/mol. The molecule has 0 aliphatic rings. The van der Waals surface area contributed by atoms with Crippen LogP contribution in [0.3, 0.4) is 0 Å². The third kappa shape index (κ3) is 11.4. The number of ether oxygens (including phenoxy) is 1. The van der Waals surface area contributed by atoms with Gasteiger partial charge in [0.15, 0.2) is 0 Å². The third-order valence-electron chi connectivity index (χ3n) is 1.65. The number of ketones is 1. The molecule has 0 aliphatic carbocycles. The minimum atomic E-state index is 0. The van der Waals surface area contributed by atoms with Crippen LogP contribution in [-0.2, 0) is 9.53 Å². The highest BCUT2D eigenvalue weighted by Crippen LogP contribution is 2.04. The molecule has 0 spiro atoms. The van der Waals surface area contributed by atoms with Gasteiger partial charge in [-0.25, -0.2) is 0 Å². The smallest absolute Gasteiger partial charge is 0.132 e. The molecule has 0 amide bonds. The van der Waals surface area contributed by atoms with Gasteiger partial charge < -0.3 is 4.74 Å². The van der Waals surface area contributed by atoms with Crippen molar-refractivity contribution in [2.45, 2.75) is 54.1 Å². The van der Waals surface area contributed by atoms with Crippen LogP contribution in [0.25, 0.3) is 0 Å². The molecule has 0 aliphatic heterocycles. The van der Waals surface area contributed by atoms with Crippen LogP contribution in [-0.4, -0.2) is 19.0 Å². The van der Waals surface area contributed by atoms with Crippen LogP contribution < -0.4 is 0 Å². The summed E-state index contributed by atoms with van der Waals surface area (Å²) in [5.41, 5.74) is 0. The normalized spacial score (nSPS) is 11.6. The van der Waals surface area contributed by atoms with Gasteiger partial charge in [0.2, 0.25) is 0 Å². The molecule has 0 aromatic heterocycles. The van der Waals surface area contributed by atoms with E-state index in [2.05, 4.69) is 19.1 Å². The second-order valence-electron chi connectivity index (χ2n) is 2.88. The van der Waals surface area contributed by atoms with E-state index in [1.54, 1.807) is 14.0 Å². The Kier molecular flexibility index (Phi) is 16.8. The fraction of sp³-hybridized carbons (Fsp3) is 0.750. The summed E-state index contributed by atoms with van der Waals surface area (Å²) in [7, 11) is 1.65. The minimum absolute atomic E-state index is 0. The quantitative estimate of drug-likeness (QED) is 0.615. The molecular weight excluding hydrogens is 176 g/mol. The maximum atomic E-state index is 10.7. The molecular formula is C12H26O2. The van der Waals surface area contributed by atoms with Crippen molar-refractivity contribution in [3.63, 3.8) is 0 Å². The largest absolute Gasteiger partial charge is 0.381 e. The predicted octanol–water partition coefficient (Wildman–Crippen LogP) is 3.61. The van der Waals surface area contributed by atoms with E-state index in [1.807, 2.05) is 0 Å². The lowest BCUT2D eigenvalue weighted by Crippen LogP contribution is -2.13. The van der Waals surface area contributed by atoms with Gasteiger partial charge in [0.1, 0.15) is 5.78 Å². The first-order chi connectivity index (χ1) is 5.70. The lowest BCUT2D eigenvalue weighted by molar-refractivity contribution is -0.119. The second kappa shape index (κ2) is 12.4. The third-order valence-corrected chi connectivity index (χ3v) is 1.65. The van der Waals surface area contributed by atoms with E-state index in [0.29, 0.717) is 6.42 Å². The van der Waals surface area contributed by atoms with Gasteiger partial charge in [0.25, 0.3) is 0 Å². The Morgan fingerprint density at radius 1 is 1.36 bits per heavy atom. The molecule has 0 saturated heterocycles. The van der Waals surface area contributed by atoms with E-state index in [1.165, 1.54) is 0 Å². The molecule has 2 heteroatoms. The van der Waals surface area contributed by atoms with Crippen LogP contribution in [0.1, 0.15) is 48.0 Å². The van der Waals surface area contributed by atoms with Crippen LogP contribution in [0.4, 0.5) is 0 Å². The Morgan fingerprint density at radius 3 is 2.29 bits per heavy atom. The van der Waals surface area contributed by atoms with Gasteiger partial charge in [-0.05, 0) is 19.8 Å². The fourth-order valence-electron chi connectivity index (χ4n) is 0.998. The first kappa shape index (κ1) is 19.0. The van der Waals surface area contributed by atoms with Crippen LogP contribution in [0.15, 0.2) is 12.2 Å². The molecule has 0 rings (SSSR count). The molecule has 0 N–H and O–H groups in total. The van der Waals surface area contributed by atoms with Crippen molar-refractivity contribution < 1.29 is 9.53 Å². The summed E-state index contributed by atoms with van der Waals surface area (Å²) in [5.74, 6) is 0.187. The SMILES string of the molecule is C.C.CCC=CCC(CC(C)=O)OC. The zero-order chi connectivity index (χ0) is 9.40. The highest BCUT2D eigenvalue weighted by atomic mass is 16.5. The maximum Gasteiger partial charge on any atom is 0.132 e. The summed E-state index contributed by atoms with van der Waals surface area (Å²) in [4.78, 5) is 10.7. The van der Waals surface area contributed by atoms with Crippen molar-refractivity contribution in [1.29, 1.82) is 0 Å².